The van der Waals surface area contributed by atoms with E-state index in [9.17, 15) is 0 Å². The van der Waals surface area contributed by atoms with Crippen LogP contribution in [0.3, 0.4) is 0 Å². The van der Waals surface area contributed by atoms with E-state index in [4.69, 9.17) is 5.73 Å². The molecule has 0 spiro atoms. The Morgan fingerprint density at radius 1 is 1.15 bits per heavy atom. The van der Waals surface area contributed by atoms with Gasteiger partial charge in [-0.25, -0.2) is 0 Å². The summed E-state index contributed by atoms with van der Waals surface area (Å²) in [5, 5.41) is 0. The molecule has 0 aliphatic carbocycles. The van der Waals surface area contributed by atoms with Crippen molar-refractivity contribution in [2.75, 3.05) is 19.6 Å². The first-order valence-electron chi connectivity index (χ1n) is 8.45. The van der Waals surface area contributed by atoms with Gasteiger partial charge in [-0.3, -0.25) is 9.89 Å². The van der Waals surface area contributed by atoms with Crippen LogP contribution in [0.4, 0.5) is 0 Å². The first-order chi connectivity index (χ1) is 9.88. The van der Waals surface area contributed by atoms with Gasteiger partial charge in [0.15, 0.2) is 0 Å². The summed E-state index contributed by atoms with van der Waals surface area (Å²) in [5.41, 5.74) is 5.62. The maximum absolute atomic E-state index is 5.62. The lowest BCUT2D eigenvalue weighted by atomic mass is 10.1. The van der Waals surface area contributed by atoms with Crippen LogP contribution in [0.2, 0.25) is 0 Å². The monoisotopic (exact) mass is 279 g/mol. The molecular weight excluding hydrogens is 246 g/mol. The van der Waals surface area contributed by atoms with E-state index in [1.54, 1.807) is 0 Å². The summed E-state index contributed by atoms with van der Waals surface area (Å²) in [7, 11) is 0. The zero-order chi connectivity index (χ0) is 14.5. The number of nitrogens with zero attached hydrogens (tertiary/aromatic N) is 2. The number of rotatable bonds is 12. The van der Waals surface area contributed by atoms with Crippen LogP contribution in [-0.2, 0) is 0 Å². The number of nitrogens with two attached hydrogens (primary N) is 1. The van der Waals surface area contributed by atoms with Crippen molar-refractivity contribution in [2.45, 2.75) is 70.9 Å². The zero-order valence-corrected chi connectivity index (χ0v) is 13.3. The van der Waals surface area contributed by atoms with E-state index in [-0.39, 0.29) is 0 Å². The molecule has 3 heteroatoms. The van der Waals surface area contributed by atoms with E-state index in [2.05, 4.69) is 29.0 Å². The van der Waals surface area contributed by atoms with Gasteiger partial charge in [0.2, 0.25) is 0 Å². The fourth-order valence-electron chi connectivity index (χ4n) is 2.79. The highest BCUT2D eigenvalue weighted by Gasteiger charge is 2.18. The Morgan fingerprint density at radius 2 is 1.85 bits per heavy atom. The first-order valence-corrected chi connectivity index (χ1v) is 8.45. The third-order valence-electron chi connectivity index (χ3n) is 4.00. The average molecular weight is 279 g/mol. The predicted octanol–water partition coefficient (Wildman–Crippen LogP) is 3.74. The third-order valence-corrected chi connectivity index (χ3v) is 4.00. The molecule has 2 N–H and O–H groups in total. The van der Waals surface area contributed by atoms with Crippen molar-refractivity contribution in [2.24, 2.45) is 10.7 Å². The van der Waals surface area contributed by atoms with E-state index in [1.165, 1.54) is 57.8 Å². The topological polar surface area (TPSA) is 41.6 Å². The Kier molecular flexibility index (Phi) is 10.5. The van der Waals surface area contributed by atoms with Crippen LogP contribution >= 0.6 is 0 Å². The minimum Gasteiger partial charge on any atom is -0.329 e. The summed E-state index contributed by atoms with van der Waals surface area (Å²) in [5.74, 6) is 0. The van der Waals surface area contributed by atoms with Gasteiger partial charge < -0.3 is 5.73 Å². The maximum Gasteiger partial charge on any atom is 0.102 e. The molecule has 0 bridgehead atoms. The van der Waals surface area contributed by atoms with Crippen LogP contribution in [0, 0.1) is 0 Å². The molecule has 20 heavy (non-hydrogen) atoms. The van der Waals surface area contributed by atoms with E-state index in [1.807, 2.05) is 6.21 Å². The molecule has 0 fully saturated rings. The molecule has 1 unspecified atom stereocenters. The molecule has 1 aliphatic rings. The molecular formula is C17H33N3. The highest BCUT2D eigenvalue weighted by Crippen LogP contribution is 2.16. The van der Waals surface area contributed by atoms with Gasteiger partial charge in [0.05, 0.1) is 0 Å². The van der Waals surface area contributed by atoms with Crippen LogP contribution in [0.25, 0.3) is 0 Å². The summed E-state index contributed by atoms with van der Waals surface area (Å²) in [6.07, 6.45) is 18.9. The molecule has 0 amide bonds. The molecule has 3 nitrogen and oxygen atoms in total. The van der Waals surface area contributed by atoms with Gasteiger partial charge in [0.25, 0.3) is 0 Å². The van der Waals surface area contributed by atoms with Crippen molar-refractivity contribution in [3.8, 4) is 0 Å². The number of unbranched alkanes of at least 4 members (excludes halogenated alkanes) is 7. The van der Waals surface area contributed by atoms with Crippen LogP contribution in [0.15, 0.2) is 17.1 Å². The summed E-state index contributed by atoms with van der Waals surface area (Å²) in [4.78, 5) is 6.94. The Morgan fingerprint density at radius 3 is 2.55 bits per heavy atom. The lowest BCUT2D eigenvalue weighted by Gasteiger charge is -2.21. The summed E-state index contributed by atoms with van der Waals surface area (Å²) < 4.78 is 0. The minimum absolute atomic E-state index is 0.416. The second-order valence-corrected chi connectivity index (χ2v) is 5.72. The number of allylic oxidation sites excluding steroid dienone is 2. The number of hydrogen-bond acceptors (Lipinski definition) is 3. The largest absolute Gasteiger partial charge is 0.329 e. The van der Waals surface area contributed by atoms with E-state index < -0.39 is 0 Å². The average Bonchev–Trinajstić information content (AvgIpc) is 2.89. The fourth-order valence-corrected chi connectivity index (χ4v) is 2.79. The molecule has 1 rings (SSSR count). The van der Waals surface area contributed by atoms with Crippen LogP contribution in [0.5, 0.6) is 0 Å². The molecule has 0 radical (unpaired) electrons. The Bertz CT molecular complexity index is 273. The smallest absolute Gasteiger partial charge is 0.102 e. The predicted molar refractivity (Wildman–Crippen MR) is 89.3 cm³/mol. The standard InChI is InChI=1S/C17H33N3/c1-2-3-4-5-6-7-8-9-10-11-12-17-19-14-16-20(17)15-13-18/h2-3,14,17H,4-13,15-16,18H2,1H3/b3-2+. The van der Waals surface area contributed by atoms with Crippen LogP contribution < -0.4 is 5.73 Å². The highest BCUT2D eigenvalue weighted by atomic mass is 15.3. The van der Waals surface area contributed by atoms with E-state index in [0.717, 1.165) is 19.6 Å². The normalized spacial score (nSPS) is 19.4. The van der Waals surface area contributed by atoms with Gasteiger partial charge in [-0.15, -0.1) is 0 Å². The summed E-state index contributed by atoms with van der Waals surface area (Å²) in [6, 6.07) is 0. The Labute approximate surface area is 125 Å². The lowest BCUT2D eigenvalue weighted by Crippen LogP contribution is -2.34. The lowest BCUT2D eigenvalue weighted by molar-refractivity contribution is 0.241. The summed E-state index contributed by atoms with van der Waals surface area (Å²) >= 11 is 0. The molecule has 1 heterocycles. The zero-order valence-electron chi connectivity index (χ0n) is 13.3. The van der Waals surface area contributed by atoms with Crippen molar-refractivity contribution < 1.29 is 0 Å². The number of hydrogen-bond donors (Lipinski definition) is 1. The molecule has 1 aliphatic heterocycles. The van der Waals surface area contributed by atoms with Crippen molar-refractivity contribution in [1.29, 1.82) is 0 Å². The van der Waals surface area contributed by atoms with Gasteiger partial charge in [-0.1, -0.05) is 44.3 Å². The maximum atomic E-state index is 5.62. The molecule has 1 atom stereocenters. The van der Waals surface area contributed by atoms with E-state index >= 15 is 0 Å². The molecule has 0 aromatic rings. The highest BCUT2D eigenvalue weighted by molar-refractivity contribution is 5.62. The molecule has 0 saturated carbocycles. The second-order valence-electron chi connectivity index (χ2n) is 5.72. The Hall–Kier alpha value is -0.670. The number of aliphatic imine (C=N–C) groups is 1. The van der Waals surface area contributed by atoms with Crippen molar-refractivity contribution in [3.05, 3.63) is 12.2 Å². The van der Waals surface area contributed by atoms with Gasteiger partial charge in [0, 0.05) is 25.8 Å². The van der Waals surface area contributed by atoms with Gasteiger partial charge in [-0.05, 0) is 32.6 Å². The fraction of sp³-hybridized carbons (Fsp3) is 0.824. The van der Waals surface area contributed by atoms with Crippen molar-refractivity contribution in [3.63, 3.8) is 0 Å². The van der Waals surface area contributed by atoms with Crippen LogP contribution in [-0.4, -0.2) is 36.9 Å². The summed E-state index contributed by atoms with van der Waals surface area (Å²) in [6.45, 7) is 4.82. The third kappa shape index (κ3) is 7.81. The molecule has 0 aromatic heterocycles. The minimum atomic E-state index is 0.416. The SMILES string of the molecule is C/C=C/CCCCCCCCCC1N=CCN1CCN. The van der Waals surface area contributed by atoms with E-state index in [0.29, 0.717) is 6.17 Å². The molecule has 0 aromatic carbocycles. The van der Waals surface area contributed by atoms with Crippen molar-refractivity contribution >= 4 is 6.21 Å². The first kappa shape index (κ1) is 17.4. The van der Waals surface area contributed by atoms with Gasteiger partial charge in [-0.2, -0.15) is 0 Å². The molecule has 116 valence electrons. The Balaban J connectivity index is 1.88. The van der Waals surface area contributed by atoms with Crippen LogP contribution in [0.1, 0.15) is 64.7 Å². The molecule has 0 saturated heterocycles. The quantitative estimate of drug-likeness (QED) is 0.437. The van der Waals surface area contributed by atoms with Gasteiger partial charge in [0.1, 0.15) is 6.17 Å². The second kappa shape index (κ2) is 12.1. The van der Waals surface area contributed by atoms with Gasteiger partial charge >= 0.3 is 0 Å². The van der Waals surface area contributed by atoms with Crippen molar-refractivity contribution in [1.82, 2.24) is 4.90 Å².